The van der Waals surface area contributed by atoms with E-state index in [9.17, 15) is 8.42 Å². The van der Waals surface area contributed by atoms with Crippen LogP contribution in [-0.2, 0) is 16.3 Å². The lowest BCUT2D eigenvalue weighted by Gasteiger charge is -2.10. The van der Waals surface area contributed by atoms with Gasteiger partial charge in [-0.3, -0.25) is 0 Å². The summed E-state index contributed by atoms with van der Waals surface area (Å²) in [6.45, 7) is 4.41. The van der Waals surface area contributed by atoms with Gasteiger partial charge in [0.05, 0.1) is 16.0 Å². The van der Waals surface area contributed by atoms with Gasteiger partial charge in [0.1, 0.15) is 16.5 Å². The standard InChI is InChI=1S/C23H23N3O2S2/c1-16-17(2)29-23-21(16)22(25-20(26-23)15-18-9-5-3-6-10-18)24-13-14-30(27,28)19-11-7-4-8-12-19/h3-12H,13-15H2,1-2H3,(H,24,25,26). The van der Waals surface area contributed by atoms with Crippen molar-refractivity contribution in [2.45, 2.75) is 25.2 Å². The molecular weight excluding hydrogens is 414 g/mol. The van der Waals surface area contributed by atoms with Crippen molar-refractivity contribution in [1.82, 2.24) is 9.97 Å². The van der Waals surface area contributed by atoms with Gasteiger partial charge in [-0.2, -0.15) is 0 Å². The average Bonchev–Trinajstić information content (AvgIpc) is 3.03. The van der Waals surface area contributed by atoms with Gasteiger partial charge in [-0.25, -0.2) is 18.4 Å². The highest BCUT2D eigenvalue weighted by molar-refractivity contribution is 7.91. The molecule has 2 aromatic heterocycles. The number of hydrogen-bond donors (Lipinski definition) is 1. The van der Waals surface area contributed by atoms with Gasteiger partial charge in [0.15, 0.2) is 9.84 Å². The number of nitrogens with one attached hydrogen (secondary N) is 1. The molecule has 0 spiro atoms. The first-order valence-corrected chi connectivity index (χ1v) is 12.2. The number of aryl methyl sites for hydroxylation is 2. The fraction of sp³-hybridized carbons (Fsp3) is 0.217. The molecule has 7 heteroatoms. The van der Waals surface area contributed by atoms with Crippen molar-refractivity contribution in [3.8, 4) is 0 Å². The van der Waals surface area contributed by atoms with E-state index in [1.807, 2.05) is 24.3 Å². The molecule has 5 nitrogen and oxygen atoms in total. The van der Waals surface area contributed by atoms with Gasteiger partial charge in [0.2, 0.25) is 0 Å². The Morgan fingerprint density at radius 1 is 0.933 bits per heavy atom. The zero-order valence-electron chi connectivity index (χ0n) is 16.9. The molecule has 0 aliphatic heterocycles. The fourth-order valence-electron chi connectivity index (χ4n) is 3.33. The Morgan fingerprint density at radius 3 is 2.30 bits per heavy atom. The van der Waals surface area contributed by atoms with Gasteiger partial charge < -0.3 is 5.32 Å². The number of benzene rings is 2. The molecular formula is C23H23N3O2S2. The first-order chi connectivity index (χ1) is 14.4. The summed E-state index contributed by atoms with van der Waals surface area (Å²) in [4.78, 5) is 12.0. The van der Waals surface area contributed by atoms with Crippen molar-refractivity contribution in [3.05, 3.63) is 82.5 Å². The number of anilines is 1. The van der Waals surface area contributed by atoms with E-state index in [1.165, 1.54) is 4.88 Å². The number of rotatable bonds is 7. The van der Waals surface area contributed by atoms with Crippen molar-refractivity contribution < 1.29 is 8.42 Å². The van der Waals surface area contributed by atoms with Crippen LogP contribution in [0.3, 0.4) is 0 Å². The summed E-state index contributed by atoms with van der Waals surface area (Å²) in [5.74, 6) is 1.43. The summed E-state index contributed by atoms with van der Waals surface area (Å²) in [7, 11) is -3.35. The average molecular weight is 438 g/mol. The van der Waals surface area contributed by atoms with Gasteiger partial charge in [0.25, 0.3) is 0 Å². The molecule has 0 saturated heterocycles. The van der Waals surface area contributed by atoms with Crippen molar-refractivity contribution in [1.29, 1.82) is 0 Å². The van der Waals surface area contributed by atoms with Crippen LogP contribution in [0.2, 0.25) is 0 Å². The van der Waals surface area contributed by atoms with Gasteiger partial charge in [-0.05, 0) is 37.1 Å². The van der Waals surface area contributed by atoms with Crippen LogP contribution in [0.4, 0.5) is 5.82 Å². The summed E-state index contributed by atoms with van der Waals surface area (Å²) >= 11 is 1.64. The molecule has 0 bridgehead atoms. The van der Waals surface area contributed by atoms with Crippen LogP contribution in [0.25, 0.3) is 10.2 Å². The zero-order valence-corrected chi connectivity index (χ0v) is 18.6. The third-order valence-electron chi connectivity index (χ3n) is 5.05. The van der Waals surface area contributed by atoms with E-state index in [-0.39, 0.29) is 12.3 Å². The van der Waals surface area contributed by atoms with Gasteiger partial charge >= 0.3 is 0 Å². The number of nitrogens with zero attached hydrogens (tertiary/aromatic N) is 2. The molecule has 0 aliphatic carbocycles. The second kappa shape index (κ2) is 8.53. The van der Waals surface area contributed by atoms with Crippen molar-refractivity contribution in [2.24, 2.45) is 0 Å². The second-order valence-electron chi connectivity index (χ2n) is 7.17. The van der Waals surface area contributed by atoms with E-state index < -0.39 is 9.84 Å². The number of sulfone groups is 1. The maximum atomic E-state index is 12.6. The van der Waals surface area contributed by atoms with Crippen LogP contribution in [0.15, 0.2) is 65.6 Å². The molecule has 0 amide bonds. The predicted octanol–water partition coefficient (Wildman–Crippen LogP) is 4.78. The number of fused-ring (bicyclic) bond motifs is 1. The van der Waals surface area contributed by atoms with Crippen LogP contribution in [0.1, 0.15) is 21.8 Å². The lowest BCUT2D eigenvalue weighted by molar-refractivity contribution is 0.596. The third-order valence-corrected chi connectivity index (χ3v) is 7.88. The molecule has 0 unspecified atom stereocenters. The minimum Gasteiger partial charge on any atom is -0.368 e. The minimum absolute atomic E-state index is 0.00129. The molecule has 0 fully saturated rings. The van der Waals surface area contributed by atoms with Crippen LogP contribution in [0, 0.1) is 13.8 Å². The Labute approximate surface area is 180 Å². The number of hydrogen-bond acceptors (Lipinski definition) is 6. The van der Waals surface area contributed by atoms with E-state index in [1.54, 1.807) is 35.6 Å². The highest BCUT2D eigenvalue weighted by atomic mass is 32.2. The summed E-state index contributed by atoms with van der Waals surface area (Å²) in [6.07, 6.45) is 0.629. The maximum absolute atomic E-state index is 12.6. The topological polar surface area (TPSA) is 72.0 Å². The first-order valence-electron chi connectivity index (χ1n) is 9.76. The Morgan fingerprint density at radius 2 is 1.60 bits per heavy atom. The molecule has 30 heavy (non-hydrogen) atoms. The quantitative estimate of drug-likeness (QED) is 0.450. The smallest absolute Gasteiger partial charge is 0.180 e. The van der Waals surface area contributed by atoms with Gasteiger partial charge in [-0.1, -0.05) is 48.5 Å². The summed E-state index contributed by atoms with van der Waals surface area (Å²) < 4.78 is 25.2. The predicted molar refractivity (Wildman–Crippen MR) is 123 cm³/mol. The van der Waals surface area contributed by atoms with Crippen molar-refractivity contribution in [2.75, 3.05) is 17.6 Å². The van der Waals surface area contributed by atoms with Gasteiger partial charge in [0, 0.05) is 17.8 Å². The molecule has 4 aromatic rings. The molecule has 154 valence electrons. The number of thiophene rings is 1. The second-order valence-corrected chi connectivity index (χ2v) is 10.5. The van der Waals surface area contributed by atoms with Gasteiger partial charge in [-0.15, -0.1) is 11.3 Å². The van der Waals surface area contributed by atoms with E-state index in [0.29, 0.717) is 17.1 Å². The molecule has 2 heterocycles. The van der Waals surface area contributed by atoms with Crippen molar-refractivity contribution in [3.63, 3.8) is 0 Å². The Balaban J connectivity index is 1.60. The molecule has 0 radical (unpaired) electrons. The monoisotopic (exact) mass is 437 g/mol. The molecule has 0 aliphatic rings. The lowest BCUT2D eigenvalue weighted by atomic mass is 10.1. The normalized spacial score (nSPS) is 11.7. The fourth-order valence-corrected chi connectivity index (χ4v) is 5.56. The highest BCUT2D eigenvalue weighted by Crippen LogP contribution is 2.33. The van der Waals surface area contributed by atoms with E-state index >= 15 is 0 Å². The third kappa shape index (κ3) is 4.37. The Bertz CT molecular complexity index is 1270. The van der Waals surface area contributed by atoms with Crippen LogP contribution < -0.4 is 5.32 Å². The van der Waals surface area contributed by atoms with Crippen molar-refractivity contribution >= 4 is 37.2 Å². The van der Waals surface area contributed by atoms with E-state index in [0.717, 1.165) is 27.2 Å². The molecule has 1 N–H and O–H groups in total. The number of aromatic nitrogens is 2. The first kappa shape index (κ1) is 20.5. The van der Waals surface area contributed by atoms with Crippen LogP contribution in [0.5, 0.6) is 0 Å². The molecule has 0 atom stereocenters. The largest absolute Gasteiger partial charge is 0.368 e. The Kier molecular flexibility index (Phi) is 5.83. The maximum Gasteiger partial charge on any atom is 0.180 e. The molecule has 0 saturated carbocycles. The lowest BCUT2D eigenvalue weighted by Crippen LogP contribution is -2.17. The van der Waals surface area contributed by atoms with E-state index in [4.69, 9.17) is 9.97 Å². The SMILES string of the molecule is Cc1sc2nc(Cc3ccccc3)nc(NCCS(=O)(=O)c3ccccc3)c2c1C. The Hall–Kier alpha value is -2.77. The summed E-state index contributed by atoms with van der Waals surface area (Å²) in [5, 5.41) is 4.25. The van der Waals surface area contributed by atoms with Crippen LogP contribution >= 0.6 is 11.3 Å². The zero-order chi connectivity index (χ0) is 21.1. The minimum atomic E-state index is -3.35. The van der Waals surface area contributed by atoms with Crippen LogP contribution in [-0.4, -0.2) is 30.7 Å². The summed E-state index contributed by atoms with van der Waals surface area (Å²) in [6, 6.07) is 18.6. The molecule has 2 aromatic carbocycles. The van der Waals surface area contributed by atoms with E-state index in [2.05, 4.69) is 31.3 Å². The molecule has 4 rings (SSSR count). The summed E-state index contributed by atoms with van der Waals surface area (Å²) in [5.41, 5.74) is 2.27. The highest BCUT2D eigenvalue weighted by Gasteiger charge is 2.17.